The SMILES string of the molecule is N#Cc1ccc(=O)n(C[B-](F)(F)F)c1.[K+]. The monoisotopic (exact) mass is 240 g/mol. The second-order valence-electron chi connectivity index (χ2n) is 2.73. The topological polar surface area (TPSA) is 45.8 Å². The number of rotatable bonds is 2. The van der Waals surface area contributed by atoms with E-state index >= 15 is 0 Å². The number of nitriles is 1. The summed E-state index contributed by atoms with van der Waals surface area (Å²) in [5.74, 6) is 0. The first-order chi connectivity index (χ1) is 6.42. The molecule has 0 fully saturated rings. The molecular formula is C7H5BF3KN2O. The summed E-state index contributed by atoms with van der Waals surface area (Å²) in [7, 11) is 0. The fourth-order valence-corrected chi connectivity index (χ4v) is 0.963. The van der Waals surface area contributed by atoms with E-state index in [1.165, 1.54) is 6.07 Å². The van der Waals surface area contributed by atoms with Crippen LogP contribution in [0, 0.1) is 11.3 Å². The summed E-state index contributed by atoms with van der Waals surface area (Å²) in [6.45, 7) is -5.07. The molecule has 0 radical (unpaired) electrons. The smallest absolute Gasteiger partial charge is 0.448 e. The fourth-order valence-electron chi connectivity index (χ4n) is 0.963. The molecule has 0 amide bonds. The predicted molar refractivity (Wildman–Crippen MR) is 44.5 cm³/mol. The summed E-state index contributed by atoms with van der Waals surface area (Å²) in [4.78, 5) is 10.9. The first-order valence-corrected chi connectivity index (χ1v) is 3.74. The van der Waals surface area contributed by atoms with Gasteiger partial charge in [-0.1, -0.05) is 0 Å². The van der Waals surface area contributed by atoms with E-state index in [4.69, 9.17) is 5.26 Å². The van der Waals surface area contributed by atoms with Crippen molar-refractivity contribution in [2.45, 2.75) is 6.44 Å². The van der Waals surface area contributed by atoms with Gasteiger partial charge in [0.05, 0.1) is 5.56 Å². The van der Waals surface area contributed by atoms with Crippen molar-refractivity contribution >= 4 is 6.98 Å². The molecular weight excluding hydrogens is 235 g/mol. The largest absolute Gasteiger partial charge is 1.00 e. The maximum atomic E-state index is 12.0. The summed E-state index contributed by atoms with van der Waals surface area (Å²) in [6.07, 6.45) is -0.411. The number of hydrogen-bond acceptors (Lipinski definition) is 2. The van der Waals surface area contributed by atoms with Gasteiger partial charge in [0.1, 0.15) is 6.07 Å². The number of pyridine rings is 1. The van der Waals surface area contributed by atoms with Crippen molar-refractivity contribution in [2.75, 3.05) is 0 Å². The van der Waals surface area contributed by atoms with Crippen molar-refractivity contribution in [1.82, 2.24) is 4.57 Å². The summed E-state index contributed by atoms with van der Waals surface area (Å²) in [6, 6.07) is 3.79. The summed E-state index contributed by atoms with van der Waals surface area (Å²) in [5.41, 5.74) is -0.729. The van der Waals surface area contributed by atoms with Gasteiger partial charge < -0.3 is 17.5 Å². The molecule has 0 N–H and O–H groups in total. The van der Waals surface area contributed by atoms with Crippen LogP contribution in [-0.2, 0) is 6.44 Å². The molecule has 1 heterocycles. The number of hydrogen-bond donors (Lipinski definition) is 0. The molecule has 0 aliphatic carbocycles. The molecule has 0 spiro atoms. The zero-order valence-corrected chi connectivity index (χ0v) is 11.1. The van der Waals surface area contributed by atoms with Crippen molar-refractivity contribution in [3.63, 3.8) is 0 Å². The Kier molecular flexibility index (Phi) is 5.84. The zero-order valence-electron chi connectivity index (χ0n) is 7.95. The van der Waals surface area contributed by atoms with Crippen LogP contribution in [0.3, 0.4) is 0 Å². The quantitative estimate of drug-likeness (QED) is 0.567. The Morgan fingerprint density at radius 1 is 1.40 bits per heavy atom. The summed E-state index contributed by atoms with van der Waals surface area (Å²) >= 11 is 0. The zero-order chi connectivity index (χ0) is 10.8. The molecule has 1 aromatic heterocycles. The molecule has 0 saturated heterocycles. The van der Waals surface area contributed by atoms with Gasteiger partial charge in [0.2, 0.25) is 5.56 Å². The summed E-state index contributed by atoms with van der Waals surface area (Å²) < 4.78 is 36.4. The van der Waals surface area contributed by atoms with E-state index in [0.717, 1.165) is 12.3 Å². The third-order valence-corrected chi connectivity index (χ3v) is 1.52. The minimum absolute atomic E-state index is 0. The van der Waals surface area contributed by atoms with Crippen LogP contribution < -0.4 is 56.9 Å². The molecule has 1 rings (SSSR count). The molecule has 0 atom stereocenters. The second kappa shape index (κ2) is 5.86. The molecule has 74 valence electrons. The third-order valence-electron chi connectivity index (χ3n) is 1.52. The minimum Gasteiger partial charge on any atom is -0.448 e. The molecule has 3 nitrogen and oxygen atoms in total. The van der Waals surface area contributed by atoms with Crippen molar-refractivity contribution in [3.05, 3.63) is 34.2 Å². The molecule has 0 aliphatic rings. The minimum atomic E-state index is -5.07. The van der Waals surface area contributed by atoms with E-state index in [-0.39, 0.29) is 56.9 Å². The van der Waals surface area contributed by atoms with Crippen LogP contribution in [-0.4, -0.2) is 11.5 Å². The molecule has 0 aliphatic heterocycles. The van der Waals surface area contributed by atoms with E-state index in [2.05, 4.69) is 0 Å². The van der Waals surface area contributed by atoms with Crippen LogP contribution in [0.4, 0.5) is 12.9 Å². The van der Waals surface area contributed by atoms with Gasteiger partial charge in [-0.25, -0.2) is 0 Å². The van der Waals surface area contributed by atoms with Crippen LogP contribution >= 0.6 is 0 Å². The Hall–Kier alpha value is -0.0687. The van der Waals surface area contributed by atoms with Crippen molar-refractivity contribution in [1.29, 1.82) is 5.26 Å². The molecule has 1 aromatic rings. The van der Waals surface area contributed by atoms with Crippen LogP contribution in [0.2, 0.25) is 0 Å². The van der Waals surface area contributed by atoms with Gasteiger partial charge >= 0.3 is 58.4 Å². The maximum absolute atomic E-state index is 12.0. The van der Waals surface area contributed by atoms with E-state index in [1.54, 1.807) is 6.07 Å². The van der Waals surface area contributed by atoms with E-state index in [9.17, 15) is 17.7 Å². The first kappa shape index (κ1) is 14.9. The van der Waals surface area contributed by atoms with Crippen molar-refractivity contribution in [2.24, 2.45) is 0 Å². The molecule has 15 heavy (non-hydrogen) atoms. The Labute approximate surface area is 126 Å². The maximum Gasteiger partial charge on any atom is 1.00 e. The normalized spacial score (nSPS) is 10.3. The van der Waals surface area contributed by atoms with Crippen molar-refractivity contribution < 1.29 is 64.3 Å². The molecule has 8 heteroatoms. The number of halogens is 3. The van der Waals surface area contributed by atoms with Gasteiger partial charge in [0, 0.05) is 12.3 Å². The average molecular weight is 240 g/mol. The standard InChI is InChI=1S/C7H5BF3N2O.K/c9-8(10,11)5-13-4-6(3-12)1-2-7(13)14;/h1-2,4H,5H2;/q-1;+1. The van der Waals surface area contributed by atoms with Gasteiger partial charge in [0.15, 0.2) is 0 Å². The van der Waals surface area contributed by atoms with Gasteiger partial charge in [-0.2, -0.15) is 5.26 Å². The first-order valence-electron chi connectivity index (χ1n) is 3.74. The molecule has 0 unspecified atom stereocenters. The summed E-state index contributed by atoms with van der Waals surface area (Å²) in [5, 5.41) is 8.41. The van der Waals surface area contributed by atoms with Crippen molar-refractivity contribution in [3.8, 4) is 6.07 Å². The Morgan fingerprint density at radius 2 is 2.00 bits per heavy atom. The van der Waals surface area contributed by atoms with Crippen LogP contribution in [0.5, 0.6) is 0 Å². The predicted octanol–water partition coefficient (Wildman–Crippen LogP) is -1.89. The number of aromatic nitrogens is 1. The Bertz CT molecular complexity index is 437. The van der Waals surface area contributed by atoms with Crippen LogP contribution in [0.25, 0.3) is 0 Å². The third kappa shape index (κ3) is 4.99. The van der Waals surface area contributed by atoms with Gasteiger partial charge in [-0.05, 0) is 12.5 Å². The average Bonchev–Trinajstić information content (AvgIpc) is 2.06. The Balaban J connectivity index is 0.00000196. The van der Waals surface area contributed by atoms with E-state index in [1.807, 2.05) is 0 Å². The van der Waals surface area contributed by atoms with Crippen LogP contribution in [0.1, 0.15) is 5.56 Å². The fraction of sp³-hybridized carbons (Fsp3) is 0.143. The second-order valence-corrected chi connectivity index (χ2v) is 2.73. The van der Waals surface area contributed by atoms with Gasteiger partial charge in [-0.15, -0.1) is 0 Å². The molecule has 0 bridgehead atoms. The van der Waals surface area contributed by atoms with E-state index < -0.39 is 19.0 Å². The van der Waals surface area contributed by atoms with Gasteiger partial charge in [0.25, 0.3) is 0 Å². The number of nitrogens with zero attached hydrogens (tertiary/aromatic N) is 2. The van der Waals surface area contributed by atoms with Crippen LogP contribution in [0.15, 0.2) is 23.1 Å². The Morgan fingerprint density at radius 3 is 2.47 bits per heavy atom. The van der Waals surface area contributed by atoms with E-state index in [0.29, 0.717) is 4.57 Å². The molecule has 0 aromatic carbocycles. The van der Waals surface area contributed by atoms with Gasteiger partial charge in [-0.3, -0.25) is 4.79 Å². The molecule has 0 saturated carbocycles.